The Morgan fingerprint density at radius 1 is 1.05 bits per heavy atom. The molecule has 2 aromatic rings. The van der Waals surface area contributed by atoms with Gasteiger partial charge in [0, 0.05) is 5.56 Å². The molecule has 2 aromatic carbocycles. The predicted octanol–water partition coefficient (Wildman–Crippen LogP) is 4.43. The standard InChI is InChI=1S/C18H16O2/c1-4-13-11-12-16(18(19)20-3)17(15(13)5-2)14-9-7-6-8-10-14/h4-12H,1-2H2,3H3. The largest absolute Gasteiger partial charge is 0.465 e. The number of methoxy groups -OCH3 is 1. The molecular weight excluding hydrogens is 248 g/mol. The maximum atomic E-state index is 12.0. The first-order valence-corrected chi connectivity index (χ1v) is 6.28. The Morgan fingerprint density at radius 3 is 2.30 bits per heavy atom. The summed E-state index contributed by atoms with van der Waals surface area (Å²) >= 11 is 0. The van der Waals surface area contributed by atoms with Crippen molar-refractivity contribution in [3.63, 3.8) is 0 Å². The van der Waals surface area contributed by atoms with Gasteiger partial charge in [-0.05, 0) is 22.8 Å². The van der Waals surface area contributed by atoms with Crippen LogP contribution in [0.4, 0.5) is 0 Å². The highest BCUT2D eigenvalue weighted by Gasteiger charge is 2.17. The third kappa shape index (κ3) is 2.41. The first-order valence-electron chi connectivity index (χ1n) is 6.28. The highest BCUT2D eigenvalue weighted by molar-refractivity contribution is 6.00. The van der Waals surface area contributed by atoms with E-state index >= 15 is 0 Å². The van der Waals surface area contributed by atoms with E-state index in [2.05, 4.69) is 13.2 Å². The minimum absolute atomic E-state index is 0.359. The van der Waals surface area contributed by atoms with Crippen LogP contribution in [0.1, 0.15) is 21.5 Å². The average Bonchev–Trinajstić information content (AvgIpc) is 2.53. The van der Waals surface area contributed by atoms with E-state index < -0.39 is 0 Å². The van der Waals surface area contributed by atoms with E-state index in [4.69, 9.17) is 4.74 Å². The summed E-state index contributed by atoms with van der Waals surface area (Å²) in [5.74, 6) is -0.359. The zero-order valence-corrected chi connectivity index (χ0v) is 11.4. The van der Waals surface area contributed by atoms with Crippen molar-refractivity contribution in [2.45, 2.75) is 0 Å². The normalized spacial score (nSPS) is 9.85. The van der Waals surface area contributed by atoms with Gasteiger partial charge in [0.1, 0.15) is 0 Å². The Hall–Kier alpha value is -2.61. The molecule has 2 heteroatoms. The summed E-state index contributed by atoms with van der Waals surface area (Å²) in [6.07, 6.45) is 3.50. The van der Waals surface area contributed by atoms with E-state index in [1.807, 2.05) is 36.4 Å². The monoisotopic (exact) mass is 264 g/mol. The summed E-state index contributed by atoms with van der Waals surface area (Å²) in [4.78, 5) is 12.0. The van der Waals surface area contributed by atoms with Gasteiger partial charge in [0.2, 0.25) is 0 Å². The van der Waals surface area contributed by atoms with E-state index in [1.54, 1.807) is 18.2 Å². The molecule has 0 aliphatic rings. The highest BCUT2D eigenvalue weighted by Crippen LogP contribution is 2.32. The Kier molecular flexibility index (Phi) is 4.16. The van der Waals surface area contributed by atoms with Crippen LogP contribution < -0.4 is 0 Å². The maximum absolute atomic E-state index is 12.0. The summed E-state index contributed by atoms with van der Waals surface area (Å²) in [5.41, 5.74) is 4.12. The first kappa shape index (κ1) is 13.8. The molecule has 0 heterocycles. The van der Waals surface area contributed by atoms with Crippen molar-refractivity contribution >= 4 is 18.1 Å². The SMILES string of the molecule is C=Cc1ccc(C(=O)OC)c(-c2ccccc2)c1C=C. The summed E-state index contributed by atoms with van der Waals surface area (Å²) in [7, 11) is 1.38. The number of carbonyl (C=O) groups is 1. The van der Waals surface area contributed by atoms with Gasteiger partial charge in [0.15, 0.2) is 0 Å². The molecule has 0 fully saturated rings. The molecule has 0 amide bonds. The lowest BCUT2D eigenvalue weighted by Crippen LogP contribution is -2.05. The number of rotatable bonds is 4. The number of hydrogen-bond donors (Lipinski definition) is 0. The van der Waals surface area contributed by atoms with Crippen molar-refractivity contribution in [2.24, 2.45) is 0 Å². The lowest BCUT2D eigenvalue weighted by atomic mass is 9.90. The Balaban J connectivity index is 2.81. The van der Waals surface area contributed by atoms with Crippen molar-refractivity contribution in [3.8, 4) is 11.1 Å². The highest BCUT2D eigenvalue weighted by atomic mass is 16.5. The molecule has 100 valence electrons. The van der Waals surface area contributed by atoms with Crippen molar-refractivity contribution in [2.75, 3.05) is 7.11 Å². The number of hydrogen-bond acceptors (Lipinski definition) is 2. The average molecular weight is 264 g/mol. The molecule has 0 aliphatic heterocycles. The maximum Gasteiger partial charge on any atom is 0.338 e. The number of ether oxygens (including phenoxy) is 1. The van der Waals surface area contributed by atoms with Crippen molar-refractivity contribution in [1.29, 1.82) is 0 Å². The molecular formula is C18H16O2. The Labute approximate surface area is 119 Å². The molecule has 0 radical (unpaired) electrons. The quantitative estimate of drug-likeness (QED) is 0.764. The van der Waals surface area contributed by atoms with Crippen molar-refractivity contribution < 1.29 is 9.53 Å². The molecule has 0 aliphatic carbocycles. The van der Waals surface area contributed by atoms with Gasteiger partial charge in [-0.2, -0.15) is 0 Å². The van der Waals surface area contributed by atoms with Crippen LogP contribution in [0, 0.1) is 0 Å². The molecule has 0 atom stereocenters. The van der Waals surface area contributed by atoms with Gasteiger partial charge in [0.05, 0.1) is 12.7 Å². The van der Waals surface area contributed by atoms with E-state index in [-0.39, 0.29) is 5.97 Å². The van der Waals surface area contributed by atoms with Crippen molar-refractivity contribution in [1.82, 2.24) is 0 Å². The smallest absolute Gasteiger partial charge is 0.338 e. The summed E-state index contributed by atoms with van der Waals surface area (Å²) < 4.78 is 4.87. The van der Waals surface area contributed by atoms with E-state index in [0.717, 1.165) is 22.3 Å². The number of carbonyl (C=O) groups excluding carboxylic acids is 1. The van der Waals surface area contributed by atoms with Gasteiger partial charge in [-0.1, -0.05) is 61.7 Å². The lowest BCUT2D eigenvalue weighted by molar-refractivity contribution is 0.0601. The van der Waals surface area contributed by atoms with E-state index in [9.17, 15) is 4.79 Å². The fourth-order valence-electron chi connectivity index (χ4n) is 2.23. The van der Waals surface area contributed by atoms with E-state index in [1.165, 1.54) is 7.11 Å². The third-order valence-corrected chi connectivity index (χ3v) is 3.17. The molecule has 0 N–H and O–H groups in total. The topological polar surface area (TPSA) is 26.3 Å². The third-order valence-electron chi connectivity index (χ3n) is 3.17. The lowest BCUT2D eigenvalue weighted by Gasteiger charge is -2.14. The molecule has 2 nitrogen and oxygen atoms in total. The zero-order valence-electron chi connectivity index (χ0n) is 11.4. The first-order chi connectivity index (χ1) is 9.72. The molecule has 0 saturated heterocycles. The number of esters is 1. The van der Waals surface area contributed by atoms with Crippen molar-refractivity contribution in [3.05, 3.63) is 72.3 Å². The minimum atomic E-state index is -0.359. The molecule has 0 aromatic heterocycles. The molecule has 0 spiro atoms. The Bertz CT molecular complexity index is 655. The zero-order chi connectivity index (χ0) is 14.5. The minimum Gasteiger partial charge on any atom is -0.465 e. The van der Waals surface area contributed by atoms with Crippen LogP contribution in [0.25, 0.3) is 23.3 Å². The van der Waals surface area contributed by atoms with Crippen LogP contribution in [0.3, 0.4) is 0 Å². The molecule has 0 unspecified atom stereocenters. The molecule has 0 saturated carbocycles. The van der Waals surface area contributed by atoms with Crippen LogP contribution in [0.5, 0.6) is 0 Å². The second-order valence-electron chi connectivity index (χ2n) is 4.26. The van der Waals surface area contributed by atoms with Gasteiger partial charge in [-0.25, -0.2) is 4.79 Å². The summed E-state index contributed by atoms with van der Waals surface area (Å²) in [5, 5.41) is 0. The van der Waals surface area contributed by atoms with Crippen LogP contribution in [-0.4, -0.2) is 13.1 Å². The van der Waals surface area contributed by atoms with Crippen LogP contribution >= 0.6 is 0 Å². The fourth-order valence-corrected chi connectivity index (χ4v) is 2.23. The summed E-state index contributed by atoms with van der Waals surface area (Å²) in [6, 6.07) is 13.3. The molecule has 2 rings (SSSR count). The molecule has 0 bridgehead atoms. The van der Waals surface area contributed by atoms with Crippen LogP contribution in [0.15, 0.2) is 55.6 Å². The van der Waals surface area contributed by atoms with Crippen LogP contribution in [-0.2, 0) is 4.74 Å². The second kappa shape index (κ2) is 6.02. The Morgan fingerprint density at radius 2 is 1.75 bits per heavy atom. The van der Waals surface area contributed by atoms with Crippen LogP contribution in [0.2, 0.25) is 0 Å². The fraction of sp³-hybridized carbons (Fsp3) is 0.0556. The van der Waals surface area contributed by atoms with Gasteiger partial charge in [-0.3, -0.25) is 0 Å². The van der Waals surface area contributed by atoms with Gasteiger partial charge < -0.3 is 4.74 Å². The van der Waals surface area contributed by atoms with E-state index in [0.29, 0.717) is 5.56 Å². The van der Waals surface area contributed by atoms with Gasteiger partial charge >= 0.3 is 5.97 Å². The second-order valence-corrected chi connectivity index (χ2v) is 4.26. The van der Waals surface area contributed by atoms with Gasteiger partial charge in [-0.15, -0.1) is 0 Å². The van der Waals surface area contributed by atoms with Gasteiger partial charge in [0.25, 0.3) is 0 Å². The predicted molar refractivity (Wildman–Crippen MR) is 83.4 cm³/mol. The molecule has 20 heavy (non-hydrogen) atoms. The summed E-state index contributed by atoms with van der Waals surface area (Å²) in [6.45, 7) is 7.66. The number of benzene rings is 2.